The molecule has 0 saturated carbocycles. The van der Waals surface area contributed by atoms with Crippen molar-refractivity contribution >= 4 is 22.5 Å². The first-order valence-electron chi connectivity index (χ1n) is 7.14. The quantitative estimate of drug-likeness (QED) is 0.630. The highest BCUT2D eigenvalue weighted by molar-refractivity contribution is 5.82. The molecule has 0 saturated heterocycles. The Morgan fingerprint density at radius 1 is 1.17 bits per heavy atom. The maximum Gasteiger partial charge on any atom is 0.180 e. The van der Waals surface area contributed by atoms with Crippen LogP contribution in [0.4, 0.5) is 10.2 Å². The Hall–Kier alpha value is -3.09. The van der Waals surface area contributed by atoms with Gasteiger partial charge in [-0.05, 0) is 19.1 Å². The van der Waals surface area contributed by atoms with Gasteiger partial charge in [0, 0.05) is 24.7 Å². The fraction of sp³-hybridized carbons (Fsp3) is 0.125. The summed E-state index contributed by atoms with van der Waals surface area (Å²) in [5.74, 6) is 0.260. The van der Waals surface area contributed by atoms with Gasteiger partial charge in [0.05, 0.1) is 35.2 Å². The van der Waals surface area contributed by atoms with Crippen LogP contribution in [0.2, 0.25) is 0 Å². The van der Waals surface area contributed by atoms with Gasteiger partial charge in [0.25, 0.3) is 0 Å². The first-order chi connectivity index (χ1) is 11.2. The molecule has 7 heteroatoms. The highest BCUT2D eigenvalue weighted by Crippen LogP contribution is 2.21. The van der Waals surface area contributed by atoms with E-state index in [9.17, 15) is 4.39 Å². The van der Waals surface area contributed by atoms with Crippen LogP contribution in [0.1, 0.15) is 11.4 Å². The van der Waals surface area contributed by atoms with Crippen LogP contribution < -0.4 is 5.32 Å². The van der Waals surface area contributed by atoms with Gasteiger partial charge in [0.2, 0.25) is 0 Å². The van der Waals surface area contributed by atoms with Gasteiger partial charge in [0.15, 0.2) is 11.5 Å². The fourth-order valence-corrected chi connectivity index (χ4v) is 2.44. The number of aromatic nitrogens is 5. The van der Waals surface area contributed by atoms with Gasteiger partial charge in [-0.2, -0.15) is 0 Å². The van der Waals surface area contributed by atoms with E-state index in [1.54, 1.807) is 24.7 Å². The Morgan fingerprint density at radius 2 is 2.09 bits per heavy atom. The summed E-state index contributed by atoms with van der Waals surface area (Å²) in [5, 5.41) is 3.20. The Bertz CT molecular complexity index is 993. The summed E-state index contributed by atoms with van der Waals surface area (Å²) < 4.78 is 15.4. The maximum absolute atomic E-state index is 13.5. The van der Waals surface area contributed by atoms with Gasteiger partial charge < -0.3 is 5.32 Å². The topological polar surface area (TPSA) is 68.0 Å². The van der Waals surface area contributed by atoms with Crippen molar-refractivity contribution in [3.8, 4) is 0 Å². The van der Waals surface area contributed by atoms with E-state index in [1.165, 1.54) is 12.1 Å². The lowest BCUT2D eigenvalue weighted by molar-refractivity contribution is 0.629. The predicted molar refractivity (Wildman–Crippen MR) is 84.5 cm³/mol. The van der Waals surface area contributed by atoms with E-state index in [-0.39, 0.29) is 5.82 Å². The van der Waals surface area contributed by atoms with E-state index < -0.39 is 0 Å². The molecular weight excluding hydrogens is 295 g/mol. The molecule has 1 N–H and O–H groups in total. The van der Waals surface area contributed by atoms with Gasteiger partial charge in [-0.3, -0.25) is 14.4 Å². The number of benzene rings is 1. The summed E-state index contributed by atoms with van der Waals surface area (Å²) in [7, 11) is 0. The number of aryl methyl sites for hydroxylation is 1. The van der Waals surface area contributed by atoms with E-state index in [1.807, 2.05) is 17.5 Å². The highest BCUT2D eigenvalue weighted by atomic mass is 19.1. The van der Waals surface area contributed by atoms with Crippen LogP contribution in [0.5, 0.6) is 0 Å². The third-order valence-electron chi connectivity index (χ3n) is 3.55. The average Bonchev–Trinajstić information content (AvgIpc) is 3.03. The van der Waals surface area contributed by atoms with Gasteiger partial charge >= 0.3 is 0 Å². The van der Waals surface area contributed by atoms with Crippen LogP contribution >= 0.6 is 0 Å². The zero-order valence-corrected chi connectivity index (χ0v) is 12.4. The molecule has 0 aliphatic heterocycles. The molecule has 0 aliphatic carbocycles. The minimum Gasteiger partial charge on any atom is -0.361 e. The standard InChI is InChI=1S/C16H13FN6/c1-10-7-20-12(8-19-10)9-21-15-16-18-4-5-23(16)14-3-2-11(17)6-13(14)22-15/h2-8H,9H2,1H3,(H,21,22). The molecule has 6 nitrogen and oxygen atoms in total. The van der Waals surface area contributed by atoms with Crippen LogP contribution in [0.3, 0.4) is 0 Å². The van der Waals surface area contributed by atoms with E-state index in [2.05, 4.69) is 25.3 Å². The molecule has 0 unspecified atom stereocenters. The molecule has 4 aromatic rings. The molecule has 0 radical (unpaired) electrons. The van der Waals surface area contributed by atoms with E-state index >= 15 is 0 Å². The molecule has 0 bridgehead atoms. The van der Waals surface area contributed by atoms with Crippen LogP contribution in [0.15, 0.2) is 43.0 Å². The second-order valence-corrected chi connectivity index (χ2v) is 5.22. The molecule has 4 rings (SSSR count). The lowest BCUT2D eigenvalue weighted by atomic mass is 10.3. The van der Waals surface area contributed by atoms with Crippen molar-refractivity contribution in [3.05, 3.63) is 60.2 Å². The Kier molecular flexibility index (Phi) is 3.11. The molecule has 23 heavy (non-hydrogen) atoms. The highest BCUT2D eigenvalue weighted by Gasteiger charge is 2.10. The van der Waals surface area contributed by atoms with Crippen molar-refractivity contribution in [1.29, 1.82) is 0 Å². The van der Waals surface area contributed by atoms with Crippen LogP contribution in [-0.2, 0) is 6.54 Å². The van der Waals surface area contributed by atoms with Gasteiger partial charge in [-0.15, -0.1) is 0 Å². The van der Waals surface area contributed by atoms with E-state index in [4.69, 9.17) is 0 Å². The molecular formula is C16H13FN6. The molecule has 0 aliphatic rings. The molecule has 1 aromatic carbocycles. The number of nitrogens with zero attached hydrogens (tertiary/aromatic N) is 5. The number of hydrogen-bond donors (Lipinski definition) is 1. The zero-order chi connectivity index (χ0) is 15.8. The number of anilines is 1. The van der Waals surface area contributed by atoms with Crippen LogP contribution in [-0.4, -0.2) is 24.3 Å². The molecule has 3 aromatic heterocycles. The first kappa shape index (κ1) is 13.6. The second kappa shape index (κ2) is 5.28. The van der Waals surface area contributed by atoms with Crippen LogP contribution in [0, 0.1) is 12.7 Å². The molecule has 0 amide bonds. The first-order valence-corrected chi connectivity index (χ1v) is 7.14. The van der Waals surface area contributed by atoms with Crippen molar-refractivity contribution < 1.29 is 4.39 Å². The summed E-state index contributed by atoms with van der Waals surface area (Å²) >= 11 is 0. The lowest BCUT2D eigenvalue weighted by Gasteiger charge is -2.09. The SMILES string of the molecule is Cc1cnc(CNc2nc3cc(F)ccc3n3ccnc23)cn1. The van der Waals surface area contributed by atoms with E-state index in [0.29, 0.717) is 23.5 Å². The number of halogens is 1. The zero-order valence-electron chi connectivity index (χ0n) is 12.4. The molecule has 0 fully saturated rings. The minimum absolute atomic E-state index is 0.320. The van der Waals surface area contributed by atoms with Crippen molar-refractivity contribution in [2.24, 2.45) is 0 Å². The molecule has 0 atom stereocenters. The van der Waals surface area contributed by atoms with Crippen molar-refractivity contribution in [2.75, 3.05) is 5.32 Å². The lowest BCUT2D eigenvalue weighted by Crippen LogP contribution is -2.06. The summed E-state index contributed by atoms with van der Waals surface area (Å²) in [5.41, 5.74) is 3.71. The Balaban J connectivity index is 1.75. The summed E-state index contributed by atoms with van der Waals surface area (Å²) in [6.07, 6.45) is 6.95. The average molecular weight is 308 g/mol. The number of fused-ring (bicyclic) bond motifs is 3. The smallest absolute Gasteiger partial charge is 0.180 e. The summed E-state index contributed by atoms with van der Waals surface area (Å²) in [4.78, 5) is 17.3. The van der Waals surface area contributed by atoms with Crippen molar-refractivity contribution in [2.45, 2.75) is 13.5 Å². The third kappa shape index (κ3) is 2.46. The monoisotopic (exact) mass is 308 g/mol. The number of imidazole rings is 1. The van der Waals surface area contributed by atoms with E-state index in [0.717, 1.165) is 16.9 Å². The van der Waals surface area contributed by atoms with Gasteiger partial charge in [-0.25, -0.2) is 14.4 Å². The van der Waals surface area contributed by atoms with Gasteiger partial charge in [-0.1, -0.05) is 0 Å². The third-order valence-corrected chi connectivity index (χ3v) is 3.55. The maximum atomic E-state index is 13.5. The van der Waals surface area contributed by atoms with Crippen LogP contribution in [0.25, 0.3) is 16.7 Å². The Labute approximate surface area is 131 Å². The fourth-order valence-electron chi connectivity index (χ4n) is 2.44. The minimum atomic E-state index is -0.320. The predicted octanol–water partition coefficient (Wildman–Crippen LogP) is 2.73. The Morgan fingerprint density at radius 3 is 2.91 bits per heavy atom. The number of nitrogens with one attached hydrogen (secondary N) is 1. The molecule has 0 spiro atoms. The largest absolute Gasteiger partial charge is 0.361 e. The van der Waals surface area contributed by atoms with Gasteiger partial charge in [0.1, 0.15) is 5.82 Å². The normalized spacial score (nSPS) is 11.2. The summed E-state index contributed by atoms with van der Waals surface area (Å²) in [6, 6.07) is 4.52. The van der Waals surface area contributed by atoms with Crippen molar-refractivity contribution in [1.82, 2.24) is 24.3 Å². The summed E-state index contributed by atoms with van der Waals surface area (Å²) in [6.45, 7) is 2.35. The number of hydrogen-bond acceptors (Lipinski definition) is 5. The van der Waals surface area contributed by atoms with Crippen molar-refractivity contribution in [3.63, 3.8) is 0 Å². The second-order valence-electron chi connectivity index (χ2n) is 5.22. The molecule has 114 valence electrons. The number of rotatable bonds is 3. The molecule has 3 heterocycles.